The molecule has 1 aromatic rings. The number of hydrogen-bond acceptors (Lipinski definition) is 3. The maximum atomic E-state index is 5.58. The van der Waals surface area contributed by atoms with Gasteiger partial charge in [-0.2, -0.15) is 0 Å². The number of hydrogen-bond donors (Lipinski definition) is 2. The molecule has 0 spiro atoms. The summed E-state index contributed by atoms with van der Waals surface area (Å²) in [6.45, 7) is 2.08. The van der Waals surface area contributed by atoms with E-state index in [4.69, 9.17) is 5.84 Å². The Hall–Kier alpha value is -0.930. The molecule has 3 heteroatoms. The molecule has 0 saturated heterocycles. The van der Waals surface area contributed by atoms with E-state index in [1.807, 2.05) is 12.3 Å². The second-order valence-electron chi connectivity index (χ2n) is 4.09. The van der Waals surface area contributed by atoms with Crippen LogP contribution >= 0.6 is 0 Å². The van der Waals surface area contributed by atoms with Crippen LogP contribution in [0.3, 0.4) is 0 Å². The zero-order chi connectivity index (χ0) is 9.97. The second kappa shape index (κ2) is 4.07. The molecule has 1 unspecified atom stereocenters. The number of hydrazine groups is 1. The van der Waals surface area contributed by atoms with Crippen molar-refractivity contribution < 1.29 is 0 Å². The molecule has 1 aliphatic rings. The summed E-state index contributed by atoms with van der Waals surface area (Å²) in [5, 5.41) is 0. The molecule has 3 N–H and O–H groups in total. The van der Waals surface area contributed by atoms with Gasteiger partial charge in [0.1, 0.15) is 0 Å². The summed E-state index contributed by atoms with van der Waals surface area (Å²) in [5.74, 6) is 6.25. The Labute approximate surface area is 84.7 Å². The van der Waals surface area contributed by atoms with Crippen LogP contribution in [0.15, 0.2) is 18.3 Å². The molecular weight excluding hydrogens is 174 g/mol. The van der Waals surface area contributed by atoms with E-state index < -0.39 is 0 Å². The van der Waals surface area contributed by atoms with Crippen molar-refractivity contribution in [1.82, 2.24) is 10.4 Å². The van der Waals surface area contributed by atoms with E-state index in [2.05, 4.69) is 23.4 Å². The molecule has 0 amide bonds. The fourth-order valence-electron chi connectivity index (χ4n) is 1.97. The highest BCUT2D eigenvalue weighted by molar-refractivity contribution is 5.18. The molecule has 14 heavy (non-hydrogen) atoms. The van der Waals surface area contributed by atoms with Crippen LogP contribution in [0.4, 0.5) is 0 Å². The first-order valence-electron chi connectivity index (χ1n) is 5.20. The molecule has 0 aliphatic heterocycles. The van der Waals surface area contributed by atoms with Crippen molar-refractivity contribution in [2.45, 2.75) is 32.2 Å². The first-order chi connectivity index (χ1) is 6.81. The van der Waals surface area contributed by atoms with E-state index >= 15 is 0 Å². The molecule has 1 fully saturated rings. The number of pyridine rings is 1. The second-order valence-corrected chi connectivity index (χ2v) is 4.09. The van der Waals surface area contributed by atoms with Gasteiger partial charge in [-0.25, -0.2) is 0 Å². The highest BCUT2D eigenvalue weighted by Crippen LogP contribution is 2.36. The summed E-state index contributed by atoms with van der Waals surface area (Å²) in [6.07, 6.45) is 5.72. The van der Waals surface area contributed by atoms with Crippen LogP contribution in [0.2, 0.25) is 0 Å². The van der Waals surface area contributed by atoms with E-state index in [0.29, 0.717) is 5.92 Å². The number of aryl methyl sites for hydroxylation is 1. The van der Waals surface area contributed by atoms with Gasteiger partial charge >= 0.3 is 0 Å². The number of nitrogens with two attached hydrogens (primary N) is 1. The van der Waals surface area contributed by atoms with Gasteiger partial charge in [-0.05, 0) is 43.4 Å². The smallest absolute Gasteiger partial charge is 0.0660 e. The molecule has 3 nitrogen and oxygen atoms in total. The van der Waals surface area contributed by atoms with E-state index in [-0.39, 0.29) is 6.04 Å². The third-order valence-electron chi connectivity index (χ3n) is 3.06. The zero-order valence-electron chi connectivity index (χ0n) is 8.53. The predicted molar refractivity (Wildman–Crippen MR) is 56.4 cm³/mol. The molecule has 1 atom stereocenters. The van der Waals surface area contributed by atoms with Crippen LogP contribution in [-0.4, -0.2) is 4.98 Å². The average Bonchev–Trinajstić information content (AvgIpc) is 2.10. The molecule has 0 aromatic carbocycles. The first kappa shape index (κ1) is 9.62. The Morgan fingerprint density at radius 3 is 2.86 bits per heavy atom. The third kappa shape index (κ3) is 1.79. The van der Waals surface area contributed by atoms with Crippen molar-refractivity contribution in [3.63, 3.8) is 0 Å². The quantitative estimate of drug-likeness (QED) is 0.564. The SMILES string of the molecule is Cc1ccnc(C(NN)C2CCC2)c1. The minimum atomic E-state index is 0.239. The maximum absolute atomic E-state index is 5.58. The van der Waals surface area contributed by atoms with Crippen LogP contribution < -0.4 is 11.3 Å². The Morgan fingerprint density at radius 2 is 2.36 bits per heavy atom. The lowest BCUT2D eigenvalue weighted by Gasteiger charge is -2.32. The van der Waals surface area contributed by atoms with Crippen molar-refractivity contribution in [1.29, 1.82) is 0 Å². The van der Waals surface area contributed by atoms with Crippen LogP contribution in [0.5, 0.6) is 0 Å². The minimum absolute atomic E-state index is 0.239. The highest BCUT2D eigenvalue weighted by Gasteiger charge is 2.28. The van der Waals surface area contributed by atoms with Gasteiger partial charge in [0.15, 0.2) is 0 Å². The molecular formula is C11H17N3. The van der Waals surface area contributed by atoms with Gasteiger partial charge in [-0.1, -0.05) is 6.42 Å². The fraction of sp³-hybridized carbons (Fsp3) is 0.545. The Balaban J connectivity index is 2.17. The van der Waals surface area contributed by atoms with Gasteiger partial charge in [0.2, 0.25) is 0 Å². The first-order valence-corrected chi connectivity index (χ1v) is 5.20. The summed E-state index contributed by atoms with van der Waals surface area (Å²) in [6, 6.07) is 4.37. The van der Waals surface area contributed by atoms with Crippen molar-refractivity contribution in [3.8, 4) is 0 Å². The molecule has 1 aromatic heterocycles. The summed E-state index contributed by atoms with van der Waals surface area (Å²) >= 11 is 0. The average molecular weight is 191 g/mol. The summed E-state index contributed by atoms with van der Waals surface area (Å²) < 4.78 is 0. The number of rotatable bonds is 3. The molecule has 0 bridgehead atoms. The van der Waals surface area contributed by atoms with E-state index in [9.17, 15) is 0 Å². The summed E-state index contributed by atoms with van der Waals surface area (Å²) in [5.41, 5.74) is 5.21. The van der Waals surface area contributed by atoms with E-state index in [1.165, 1.54) is 24.8 Å². The summed E-state index contributed by atoms with van der Waals surface area (Å²) in [7, 11) is 0. The topological polar surface area (TPSA) is 50.9 Å². The van der Waals surface area contributed by atoms with Gasteiger partial charge < -0.3 is 0 Å². The van der Waals surface area contributed by atoms with E-state index in [0.717, 1.165) is 5.69 Å². The number of nitrogens with one attached hydrogen (secondary N) is 1. The van der Waals surface area contributed by atoms with Crippen molar-refractivity contribution >= 4 is 0 Å². The van der Waals surface area contributed by atoms with Crippen LogP contribution in [0.25, 0.3) is 0 Å². The third-order valence-corrected chi connectivity index (χ3v) is 3.06. The maximum Gasteiger partial charge on any atom is 0.0660 e. The Morgan fingerprint density at radius 1 is 1.57 bits per heavy atom. The Kier molecular flexibility index (Phi) is 2.79. The van der Waals surface area contributed by atoms with Crippen molar-refractivity contribution in [2.75, 3.05) is 0 Å². The van der Waals surface area contributed by atoms with Gasteiger partial charge in [0.05, 0.1) is 11.7 Å². The molecule has 76 valence electrons. The number of nitrogens with zero attached hydrogens (tertiary/aromatic N) is 1. The molecule has 1 saturated carbocycles. The molecule has 2 rings (SSSR count). The van der Waals surface area contributed by atoms with Crippen molar-refractivity contribution in [2.24, 2.45) is 11.8 Å². The summed E-state index contributed by atoms with van der Waals surface area (Å²) in [4.78, 5) is 4.37. The Bertz CT molecular complexity index is 307. The minimum Gasteiger partial charge on any atom is -0.271 e. The molecule has 1 aliphatic carbocycles. The van der Waals surface area contributed by atoms with Gasteiger partial charge in [-0.3, -0.25) is 16.3 Å². The molecule has 1 heterocycles. The number of aromatic nitrogens is 1. The standard InChI is InChI=1S/C11H17N3/c1-8-5-6-13-10(7-8)11(14-12)9-3-2-4-9/h5-7,9,11,14H,2-4,12H2,1H3. The predicted octanol–water partition coefficient (Wildman–Crippen LogP) is 1.69. The fourth-order valence-corrected chi connectivity index (χ4v) is 1.97. The van der Waals surface area contributed by atoms with Crippen molar-refractivity contribution in [3.05, 3.63) is 29.6 Å². The monoisotopic (exact) mass is 191 g/mol. The van der Waals surface area contributed by atoms with Crippen LogP contribution in [-0.2, 0) is 0 Å². The largest absolute Gasteiger partial charge is 0.271 e. The highest BCUT2D eigenvalue weighted by atomic mass is 15.2. The van der Waals surface area contributed by atoms with Crippen LogP contribution in [0, 0.1) is 12.8 Å². The van der Waals surface area contributed by atoms with Gasteiger partial charge in [-0.15, -0.1) is 0 Å². The van der Waals surface area contributed by atoms with Gasteiger partial charge in [0, 0.05) is 6.20 Å². The lowest BCUT2D eigenvalue weighted by Crippen LogP contribution is -2.36. The zero-order valence-corrected chi connectivity index (χ0v) is 8.53. The van der Waals surface area contributed by atoms with Crippen LogP contribution in [0.1, 0.15) is 36.6 Å². The normalized spacial score (nSPS) is 19.0. The lowest BCUT2D eigenvalue weighted by atomic mass is 9.78. The lowest BCUT2D eigenvalue weighted by molar-refractivity contribution is 0.228. The van der Waals surface area contributed by atoms with E-state index in [1.54, 1.807) is 0 Å². The molecule has 0 radical (unpaired) electrons. The van der Waals surface area contributed by atoms with Gasteiger partial charge in [0.25, 0.3) is 0 Å².